The van der Waals surface area contributed by atoms with Crippen LogP contribution in [-0.2, 0) is 38.0 Å². The average molecular weight is 943 g/mol. The molecule has 2 aromatic carbocycles. The molecule has 2 spiro atoms. The van der Waals surface area contributed by atoms with Crippen LogP contribution in [0.1, 0.15) is 95.3 Å². The van der Waals surface area contributed by atoms with Gasteiger partial charge in [0.2, 0.25) is 23.6 Å². The highest BCUT2D eigenvalue weighted by Gasteiger charge is 2.48. The summed E-state index contributed by atoms with van der Waals surface area (Å²) in [7, 11) is 3.39. The number of nitrogens with zero attached hydrogens (tertiary/aromatic N) is 7. The smallest absolute Gasteiger partial charge is 0.410 e. The quantitative estimate of drug-likeness (QED) is 0.201. The van der Waals surface area contributed by atoms with E-state index >= 15 is 0 Å². The van der Waals surface area contributed by atoms with Gasteiger partial charge in [0.1, 0.15) is 17.7 Å². The molecule has 2 aromatic heterocycles. The molecule has 10 rings (SSSR count). The minimum Gasteiger partial charge on any atom is -0.444 e. The number of likely N-dealkylation sites (tertiary alicyclic amines) is 3. The Morgan fingerprint density at radius 1 is 0.667 bits per heavy atom. The number of hydrogen-bond donors (Lipinski definition) is 3. The summed E-state index contributed by atoms with van der Waals surface area (Å²) in [5, 5.41) is 8.07. The van der Waals surface area contributed by atoms with Gasteiger partial charge in [-0.1, -0.05) is 35.8 Å². The summed E-state index contributed by atoms with van der Waals surface area (Å²) < 4.78 is 11.5. The number of imidazole rings is 2. The molecule has 2 atom stereocenters. The monoisotopic (exact) mass is 942 g/mol. The highest BCUT2D eigenvalue weighted by Crippen LogP contribution is 2.41. The van der Waals surface area contributed by atoms with Gasteiger partial charge < -0.3 is 15.0 Å². The van der Waals surface area contributed by atoms with Crippen LogP contribution in [0.25, 0.3) is 22.1 Å². The molecule has 6 saturated heterocycles. The normalized spacial score (nSPS) is 22.4. The molecular weight excluding hydrogens is 881 g/mol. The molecule has 69 heavy (non-hydrogen) atoms. The van der Waals surface area contributed by atoms with Crippen LogP contribution in [0.15, 0.2) is 46.0 Å². The van der Waals surface area contributed by atoms with Gasteiger partial charge in [0.25, 0.3) is 0 Å². The van der Waals surface area contributed by atoms with E-state index < -0.39 is 29.5 Å². The molecule has 8 heterocycles. The number of carbonyl (C=O) groups is 5. The Balaban J connectivity index is 0.000000175. The standard InChI is InChI=1S/C28H35N5O5.C23H27N5O3/c1-27(2,3)38-26(37)32-17-28(18-32)12-15-31(16-13-28)14-6-8-19-7-5-9-20-23(19)30(4)25(36)33(20)21-10-11-22(34)29-24(21)35;1-26-20-16(5-3-11-27-12-9-23(10-13-27)14-24-15-23)4-2-6-17(20)28(22(26)31)18-7-8-19(29)25-21(18)30/h5,7,9,21H,10-18H2,1-4H3,(H,29,34,35);2,4,6,18,24H,7-15H2,1H3,(H,25,29,30). The SMILES string of the molecule is Cn1c(=O)n(C2CCC(=O)NC2=O)c2cccc(C#CCN3CCC4(CC3)CN(C(=O)OC(C)(C)C)C4)c21.Cn1c(=O)n(C2CCC(=O)NC2=O)c2cccc(C#CCN3CCC4(CC3)CNC4)c21. The van der Waals surface area contributed by atoms with Crippen LogP contribution in [0, 0.1) is 34.5 Å². The lowest BCUT2D eigenvalue weighted by atomic mass is 9.72. The van der Waals surface area contributed by atoms with E-state index in [1.165, 1.54) is 26.5 Å². The first-order valence-electron chi connectivity index (χ1n) is 24.1. The predicted molar refractivity (Wildman–Crippen MR) is 258 cm³/mol. The summed E-state index contributed by atoms with van der Waals surface area (Å²) >= 11 is 0. The Bertz CT molecular complexity index is 2970. The Kier molecular flexibility index (Phi) is 13.0. The minimum absolute atomic E-state index is 0.184. The third kappa shape index (κ3) is 9.62. The van der Waals surface area contributed by atoms with E-state index in [0.29, 0.717) is 47.9 Å². The highest BCUT2D eigenvalue weighted by atomic mass is 16.6. The molecule has 2 unspecified atom stereocenters. The second-order valence-corrected chi connectivity index (χ2v) is 20.8. The molecule has 6 aliphatic heterocycles. The predicted octanol–water partition coefficient (Wildman–Crippen LogP) is 2.36. The van der Waals surface area contributed by atoms with Crippen LogP contribution >= 0.6 is 0 Å². The van der Waals surface area contributed by atoms with Gasteiger partial charge in [0.15, 0.2) is 0 Å². The van der Waals surface area contributed by atoms with Crippen LogP contribution in [0.2, 0.25) is 0 Å². The molecule has 5 amide bonds. The number of benzene rings is 2. The van der Waals surface area contributed by atoms with E-state index in [-0.39, 0.29) is 47.5 Å². The van der Waals surface area contributed by atoms with Gasteiger partial charge in [0, 0.05) is 58.5 Å². The first-order chi connectivity index (χ1) is 32.9. The number of piperidine rings is 4. The van der Waals surface area contributed by atoms with Crippen molar-refractivity contribution in [2.45, 2.75) is 89.8 Å². The third-order valence-electron chi connectivity index (χ3n) is 14.8. The van der Waals surface area contributed by atoms with Crippen molar-refractivity contribution in [3.05, 3.63) is 68.5 Å². The molecule has 3 N–H and O–H groups in total. The first kappa shape index (κ1) is 47.6. The van der Waals surface area contributed by atoms with E-state index in [2.05, 4.69) is 49.4 Å². The van der Waals surface area contributed by atoms with Gasteiger partial charge >= 0.3 is 17.5 Å². The fourth-order valence-corrected chi connectivity index (χ4v) is 10.8. The van der Waals surface area contributed by atoms with Crippen LogP contribution in [0.5, 0.6) is 0 Å². The molecule has 0 radical (unpaired) electrons. The number of amides is 5. The average Bonchev–Trinajstić information content (AvgIpc) is 3.69. The number of aryl methyl sites for hydroxylation is 2. The summed E-state index contributed by atoms with van der Waals surface area (Å²) in [6.45, 7) is 14.8. The Labute approximate surface area is 400 Å². The zero-order chi connectivity index (χ0) is 48.8. The maximum Gasteiger partial charge on any atom is 0.410 e. The van der Waals surface area contributed by atoms with Crippen molar-refractivity contribution in [1.29, 1.82) is 0 Å². The number of hydrogen-bond acceptors (Lipinski definition) is 11. The molecule has 364 valence electrons. The van der Waals surface area contributed by atoms with Gasteiger partial charge in [-0.05, 0) is 115 Å². The van der Waals surface area contributed by atoms with Gasteiger partial charge in [-0.25, -0.2) is 14.4 Å². The van der Waals surface area contributed by atoms with Gasteiger partial charge in [0.05, 0.1) is 46.3 Å². The maximum atomic E-state index is 13.1. The van der Waals surface area contributed by atoms with Crippen molar-refractivity contribution >= 4 is 51.8 Å². The number of fused-ring (bicyclic) bond motifs is 2. The molecule has 0 bridgehead atoms. The number of nitrogens with one attached hydrogen (secondary N) is 3. The topological polar surface area (TPSA) is 194 Å². The second-order valence-electron chi connectivity index (χ2n) is 20.8. The maximum absolute atomic E-state index is 13.1. The largest absolute Gasteiger partial charge is 0.444 e. The zero-order valence-electron chi connectivity index (χ0n) is 40.2. The summed E-state index contributed by atoms with van der Waals surface area (Å²) in [5.41, 5.74) is 3.88. The van der Waals surface area contributed by atoms with Crippen molar-refractivity contribution in [1.82, 2.24) is 48.9 Å². The molecule has 0 saturated carbocycles. The van der Waals surface area contributed by atoms with E-state index in [0.717, 1.165) is 81.8 Å². The molecule has 18 heteroatoms. The summed E-state index contributed by atoms with van der Waals surface area (Å²) in [6.07, 6.45) is 5.31. The number of imide groups is 2. The van der Waals surface area contributed by atoms with E-state index in [1.54, 1.807) is 23.6 Å². The fraction of sp³-hybridized carbons (Fsp3) is 0.549. The lowest BCUT2D eigenvalue weighted by Crippen LogP contribution is -2.62. The first-order valence-corrected chi connectivity index (χ1v) is 24.1. The van der Waals surface area contributed by atoms with Crippen molar-refractivity contribution in [2.75, 3.05) is 65.4 Å². The fourth-order valence-electron chi connectivity index (χ4n) is 10.8. The molecule has 6 fully saturated rings. The van der Waals surface area contributed by atoms with Crippen molar-refractivity contribution in [3.63, 3.8) is 0 Å². The number of ether oxygens (including phenoxy) is 1. The van der Waals surface area contributed by atoms with Crippen LogP contribution in [0.3, 0.4) is 0 Å². The molecule has 4 aromatic rings. The molecular formula is C51H62N10O8. The number of carbonyl (C=O) groups excluding carboxylic acids is 5. The Morgan fingerprint density at radius 2 is 1.10 bits per heavy atom. The summed E-state index contributed by atoms with van der Waals surface area (Å²) in [6, 6.07) is 9.75. The van der Waals surface area contributed by atoms with E-state index in [9.17, 15) is 33.6 Å². The van der Waals surface area contributed by atoms with Crippen LogP contribution in [0.4, 0.5) is 4.79 Å². The zero-order valence-corrected chi connectivity index (χ0v) is 40.2. The van der Waals surface area contributed by atoms with Crippen LogP contribution in [-0.4, -0.2) is 134 Å². The molecule has 6 aliphatic rings. The highest BCUT2D eigenvalue weighted by molar-refractivity contribution is 6.01. The summed E-state index contributed by atoms with van der Waals surface area (Å²) in [4.78, 5) is 92.8. The van der Waals surface area contributed by atoms with Gasteiger partial charge in [-0.2, -0.15) is 0 Å². The number of rotatable bonds is 4. The third-order valence-corrected chi connectivity index (χ3v) is 14.8. The number of aromatic nitrogens is 4. The summed E-state index contributed by atoms with van der Waals surface area (Å²) in [5.74, 6) is 11.6. The van der Waals surface area contributed by atoms with E-state index in [4.69, 9.17) is 4.74 Å². The van der Waals surface area contributed by atoms with Crippen molar-refractivity contribution < 1.29 is 28.7 Å². The minimum atomic E-state index is -0.717. The van der Waals surface area contributed by atoms with Gasteiger partial charge in [-0.3, -0.25) is 57.9 Å². The van der Waals surface area contributed by atoms with Crippen molar-refractivity contribution in [3.8, 4) is 23.7 Å². The lowest BCUT2D eigenvalue weighted by Gasteiger charge is -2.53. The van der Waals surface area contributed by atoms with Gasteiger partial charge in [-0.15, -0.1) is 0 Å². The lowest BCUT2D eigenvalue weighted by molar-refractivity contribution is -0.137. The Morgan fingerprint density at radius 3 is 1.49 bits per heavy atom. The van der Waals surface area contributed by atoms with Crippen LogP contribution < -0.4 is 27.3 Å². The Hall–Kier alpha value is -6.47. The van der Waals surface area contributed by atoms with Crippen molar-refractivity contribution in [2.24, 2.45) is 24.9 Å². The second kappa shape index (κ2) is 18.8. The van der Waals surface area contributed by atoms with E-state index in [1.807, 2.05) is 57.2 Å². The number of para-hydroxylation sites is 2. The molecule has 18 nitrogen and oxygen atoms in total. The molecule has 0 aliphatic carbocycles.